The smallest absolute Gasteiger partial charge is 0.140 e. The maximum atomic E-state index is 11.3. The zero-order valence-electron chi connectivity index (χ0n) is 8.33. The molecule has 78 valence electrons. The summed E-state index contributed by atoms with van der Waals surface area (Å²) < 4.78 is 5.38. The lowest BCUT2D eigenvalue weighted by Crippen LogP contribution is -2.32. The molecule has 3 nitrogen and oxygen atoms in total. The van der Waals surface area contributed by atoms with Crippen LogP contribution in [0.25, 0.3) is 0 Å². The number of rotatable bonds is 1. The summed E-state index contributed by atoms with van der Waals surface area (Å²) in [5, 5.41) is 0. The fourth-order valence-electron chi connectivity index (χ4n) is 2.49. The first-order valence-electron chi connectivity index (χ1n) is 5.37. The van der Waals surface area contributed by atoms with Crippen molar-refractivity contribution >= 4 is 11.6 Å². The molecule has 2 aliphatic rings. The van der Waals surface area contributed by atoms with Crippen molar-refractivity contribution in [3.8, 4) is 0 Å². The van der Waals surface area contributed by atoms with Crippen LogP contribution in [0.5, 0.6) is 0 Å². The Morgan fingerprint density at radius 3 is 2.36 bits per heavy atom. The molecule has 1 heterocycles. The van der Waals surface area contributed by atoms with Gasteiger partial charge in [0.15, 0.2) is 0 Å². The molecule has 0 N–H and O–H groups in total. The third-order valence-electron chi connectivity index (χ3n) is 3.24. The SMILES string of the molecule is O=C1CC(=O)CC(C2CCCOC2)C1. The zero-order valence-corrected chi connectivity index (χ0v) is 8.33. The van der Waals surface area contributed by atoms with Crippen molar-refractivity contribution in [2.45, 2.75) is 32.1 Å². The number of hydrogen-bond acceptors (Lipinski definition) is 3. The van der Waals surface area contributed by atoms with Crippen LogP contribution in [0, 0.1) is 11.8 Å². The van der Waals surface area contributed by atoms with E-state index in [0.717, 1.165) is 26.1 Å². The predicted molar refractivity (Wildman–Crippen MR) is 50.9 cm³/mol. The van der Waals surface area contributed by atoms with E-state index in [2.05, 4.69) is 0 Å². The molecule has 0 aromatic rings. The largest absolute Gasteiger partial charge is 0.381 e. The summed E-state index contributed by atoms with van der Waals surface area (Å²) in [4.78, 5) is 22.5. The second kappa shape index (κ2) is 4.22. The molecule has 1 saturated carbocycles. The van der Waals surface area contributed by atoms with Crippen LogP contribution in [0.4, 0.5) is 0 Å². The van der Waals surface area contributed by atoms with E-state index in [1.165, 1.54) is 0 Å². The zero-order chi connectivity index (χ0) is 9.97. The van der Waals surface area contributed by atoms with Gasteiger partial charge in [-0.3, -0.25) is 9.59 Å². The first kappa shape index (κ1) is 9.84. The lowest BCUT2D eigenvalue weighted by molar-refractivity contribution is -0.132. The first-order chi connectivity index (χ1) is 6.75. The van der Waals surface area contributed by atoms with Gasteiger partial charge in [-0.05, 0) is 24.7 Å². The molecule has 0 amide bonds. The molecular formula is C11H16O3. The summed E-state index contributed by atoms with van der Waals surface area (Å²) in [6, 6.07) is 0. The third-order valence-corrected chi connectivity index (χ3v) is 3.24. The molecule has 3 heteroatoms. The van der Waals surface area contributed by atoms with Crippen LogP contribution in [0.2, 0.25) is 0 Å². The van der Waals surface area contributed by atoms with Crippen LogP contribution in [-0.4, -0.2) is 24.8 Å². The minimum Gasteiger partial charge on any atom is -0.381 e. The lowest BCUT2D eigenvalue weighted by atomic mass is 9.77. The van der Waals surface area contributed by atoms with Crippen molar-refractivity contribution in [1.29, 1.82) is 0 Å². The summed E-state index contributed by atoms with van der Waals surface area (Å²) in [6.45, 7) is 1.58. The van der Waals surface area contributed by atoms with Crippen LogP contribution in [-0.2, 0) is 14.3 Å². The molecule has 1 unspecified atom stereocenters. The Morgan fingerprint density at radius 2 is 1.79 bits per heavy atom. The van der Waals surface area contributed by atoms with Gasteiger partial charge in [0, 0.05) is 26.1 Å². The van der Waals surface area contributed by atoms with Gasteiger partial charge in [-0.15, -0.1) is 0 Å². The summed E-state index contributed by atoms with van der Waals surface area (Å²) in [7, 11) is 0. The number of hydrogen-bond donors (Lipinski definition) is 0. The van der Waals surface area contributed by atoms with Crippen LogP contribution >= 0.6 is 0 Å². The van der Waals surface area contributed by atoms with E-state index in [0.29, 0.717) is 18.8 Å². The van der Waals surface area contributed by atoms with Crippen LogP contribution in [0.3, 0.4) is 0 Å². The van der Waals surface area contributed by atoms with Gasteiger partial charge in [0.2, 0.25) is 0 Å². The monoisotopic (exact) mass is 196 g/mol. The Labute approximate surface area is 83.8 Å². The Kier molecular flexibility index (Phi) is 2.96. The van der Waals surface area contributed by atoms with Gasteiger partial charge in [-0.1, -0.05) is 0 Å². The quantitative estimate of drug-likeness (QED) is 0.594. The van der Waals surface area contributed by atoms with Gasteiger partial charge < -0.3 is 4.74 Å². The van der Waals surface area contributed by atoms with E-state index in [1.807, 2.05) is 0 Å². The summed E-state index contributed by atoms with van der Waals surface area (Å²) >= 11 is 0. The molecule has 1 saturated heterocycles. The molecule has 14 heavy (non-hydrogen) atoms. The summed E-state index contributed by atoms with van der Waals surface area (Å²) in [6.07, 6.45) is 3.55. The number of Topliss-reactive ketones (excluding diaryl/α,β-unsaturated/α-hetero) is 2. The molecular weight excluding hydrogens is 180 g/mol. The Morgan fingerprint density at radius 1 is 1.07 bits per heavy atom. The molecule has 0 aromatic heterocycles. The van der Waals surface area contributed by atoms with Gasteiger partial charge in [-0.2, -0.15) is 0 Å². The summed E-state index contributed by atoms with van der Waals surface area (Å²) in [5.41, 5.74) is 0. The van der Waals surface area contributed by atoms with Crippen molar-refractivity contribution in [3.63, 3.8) is 0 Å². The van der Waals surface area contributed by atoms with Crippen molar-refractivity contribution < 1.29 is 14.3 Å². The Hall–Kier alpha value is -0.700. The average Bonchev–Trinajstić information content (AvgIpc) is 2.18. The molecule has 0 spiro atoms. The van der Waals surface area contributed by atoms with E-state index in [-0.39, 0.29) is 23.9 Å². The molecule has 0 radical (unpaired) electrons. The molecule has 0 aromatic carbocycles. The highest BCUT2D eigenvalue weighted by Crippen LogP contribution is 2.31. The fraction of sp³-hybridized carbons (Fsp3) is 0.818. The molecule has 0 bridgehead atoms. The molecule has 1 aliphatic carbocycles. The van der Waals surface area contributed by atoms with Crippen LogP contribution in [0.15, 0.2) is 0 Å². The molecule has 2 rings (SSSR count). The Bertz CT molecular complexity index is 225. The van der Waals surface area contributed by atoms with Gasteiger partial charge in [0.25, 0.3) is 0 Å². The number of carbonyl (C=O) groups is 2. The predicted octanol–water partition coefficient (Wildman–Crippen LogP) is 1.35. The van der Waals surface area contributed by atoms with Gasteiger partial charge in [-0.25, -0.2) is 0 Å². The van der Waals surface area contributed by atoms with Gasteiger partial charge >= 0.3 is 0 Å². The highest BCUT2D eigenvalue weighted by atomic mass is 16.5. The number of ether oxygens (including phenoxy) is 1. The standard InChI is InChI=1S/C11H16O3/c12-10-4-9(5-11(13)6-10)8-2-1-3-14-7-8/h8-9H,1-7H2. The molecule has 2 fully saturated rings. The molecule has 1 aliphatic heterocycles. The second-order valence-corrected chi connectivity index (χ2v) is 4.40. The van der Waals surface area contributed by atoms with E-state index < -0.39 is 0 Å². The third kappa shape index (κ3) is 2.21. The van der Waals surface area contributed by atoms with Crippen molar-refractivity contribution in [2.75, 3.05) is 13.2 Å². The Balaban J connectivity index is 1.95. The van der Waals surface area contributed by atoms with E-state index in [4.69, 9.17) is 4.74 Å². The van der Waals surface area contributed by atoms with E-state index in [9.17, 15) is 9.59 Å². The van der Waals surface area contributed by atoms with E-state index in [1.54, 1.807) is 0 Å². The maximum absolute atomic E-state index is 11.3. The van der Waals surface area contributed by atoms with E-state index >= 15 is 0 Å². The molecule has 1 atom stereocenters. The fourth-order valence-corrected chi connectivity index (χ4v) is 2.49. The summed E-state index contributed by atoms with van der Waals surface area (Å²) in [5.74, 6) is 0.953. The normalized spacial score (nSPS) is 30.7. The second-order valence-electron chi connectivity index (χ2n) is 4.40. The van der Waals surface area contributed by atoms with Crippen molar-refractivity contribution in [1.82, 2.24) is 0 Å². The number of ketones is 2. The topological polar surface area (TPSA) is 43.4 Å². The van der Waals surface area contributed by atoms with Crippen LogP contribution < -0.4 is 0 Å². The van der Waals surface area contributed by atoms with Crippen LogP contribution in [0.1, 0.15) is 32.1 Å². The maximum Gasteiger partial charge on any atom is 0.140 e. The lowest BCUT2D eigenvalue weighted by Gasteiger charge is -2.31. The van der Waals surface area contributed by atoms with Gasteiger partial charge in [0.05, 0.1) is 6.42 Å². The highest BCUT2D eigenvalue weighted by molar-refractivity contribution is 6.01. The minimum atomic E-state index is 0.122. The van der Waals surface area contributed by atoms with Crippen molar-refractivity contribution in [3.05, 3.63) is 0 Å². The van der Waals surface area contributed by atoms with Crippen molar-refractivity contribution in [2.24, 2.45) is 11.8 Å². The minimum absolute atomic E-state index is 0.122. The first-order valence-corrected chi connectivity index (χ1v) is 5.37. The highest BCUT2D eigenvalue weighted by Gasteiger charge is 2.32. The average molecular weight is 196 g/mol. The number of carbonyl (C=O) groups excluding carboxylic acids is 2. The van der Waals surface area contributed by atoms with Gasteiger partial charge in [0.1, 0.15) is 11.6 Å².